The second kappa shape index (κ2) is 8.43. The molecule has 1 heterocycles. The summed E-state index contributed by atoms with van der Waals surface area (Å²) >= 11 is 0. The Kier molecular flexibility index (Phi) is 6.51. The van der Waals surface area contributed by atoms with E-state index in [9.17, 15) is 9.67 Å². The quantitative estimate of drug-likeness (QED) is 0.539. The number of rotatable bonds is 8. The summed E-state index contributed by atoms with van der Waals surface area (Å²) in [5.41, 5.74) is 1.52. The number of phenolic OH excluding ortho intramolecular Hbond substituents is 1. The molecule has 0 aliphatic rings. The van der Waals surface area contributed by atoms with E-state index in [2.05, 4.69) is 4.98 Å². The summed E-state index contributed by atoms with van der Waals surface area (Å²) in [5.74, 6) is 1.15. The van der Waals surface area contributed by atoms with Gasteiger partial charge in [-0.15, -0.1) is 0 Å². The highest BCUT2D eigenvalue weighted by atomic mass is 31.2. The van der Waals surface area contributed by atoms with Crippen molar-refractivity contribution >= 4 is 13.4 Å². The van der Waals surface area contributed by atoms with Crippen molar-refractivity contribution < 1.29 is 23.6 Å². The van der Waals surface area contributed by atoms with Crippen molar-refractivity contribution in [3.05, 3.63) is 41.6 Å². The van der Waals surface area contributed by atoms with Gasteiger partial charge < -0.3 is 14.4 Å². The summed E-state index contributed by atoms with van der Waals surface area (Å²) in [4.78, 5) is 4.30. The van der Waals surface area contributed by atoms with Crippen molar-refractivity contribution in [2.75, 3.05) is 25.4 Å². The maximum absolute atomic E-state index is 13.1. The molecule has 0 fully saturated rings. The summed E-state index contributed by atoms with van der Waals surface area (Å²) < 4.78 is 29.6. The molecule has 1 aromatic carbocycles. The van der Waals surface area contributed by atoms with E-state index in [0.717, 1.165) is 12.0 Å². The SMILES string of the molecule is CCc1cccnc1N(C)OP(=O)(CC)Oc1cc(C)c(O)c(OC)c1. The predicted octanol–water partition coefficient (Wildman–Crippen LogP) is 4.33. The second-order valence-electron chi connectivity index (χ2n) is 5.73. The molecule has 8 heteroatoms. The zero-order chi connectivity index (χ0) is 19.3. The summed E-state index contributed by atoms with van der Waals surface area (Å²) in [7, 11) is -0.402. The van der Waals surface area contributed by atoms with Gasteiger partial charge in [0.15, 0.2) is 17.3 Å². The van der Waals surface area contributed by atoms with Gasteiger partial charge in [0.2, 0.25) is 0 Å². The van der Waals surface area contributed by atoms with Crippen LogP contribution in [0.25, 0.3) is 0 Å². The van der Waals surface area contributed by atoms with E-state index >= 15 is 0 Å². The first kappa shape index (κ1) is 20.1. The average Bonchev–Trinajstić information content (AvgIpc) is 2.64. The minimum atomic E-state index is -3.49. The fourth-order valence-corrected chi connectivity index (χ4v) is 3.59. The summed E-state index contributed by atoms with van der Waals surface area (Å²) in [6.07, 6.45) is 2.58. The Hall–Kier alpha value is -2.24. The molecule has 1 aromatic heterocycles. The minimum absolute atomic E-state index is 0.0188. The van der Waals surface area contributed by atoms with Crippen LogP contribution in [0.2, 0.25) is 0 Å². The van der Waals surface area contributed by atoms with Crippen molar-refractivity contribution in [1.29, 1.82) is 0 Å². The Morgan fingerprint density at radius 1 is 1.31 bits per heavy atom. The standard InChI is InChI=1S/C18H25N2O5P/c1-6-14-9-8-10-19-18(14)20(4)25-26(22,7-2)24-15-11-13(3)17(21)16(12-15)23-5/h8-12,21H,6-7H2,1-5H3. The lowest BCUT2D eigenvalue weighted by Crippen LogP contribution is -2.21. The van der Waals surface area contributed by atoms with Crippen LogP contribution in [0.5, 0.6) is 17.2 Å². The number of aromatic nitrogens is 1. The third kappa shape index (κ3) is 4.48. The highest BCUT2D eigenvalue weighted by molar-refractivity contribution is 7.54. The van der Waals surface area contributed by atoms with E-state index in [-0.39, 0.29) is 17.7 Å². The monoisotopic (exact) mass is 380 g/mol. The molecule has 0 saturated carbocycles. The molecule has 0 saturated heterocycles. The Labute approximate surface area is 154 Å². The first-order valence-electron chi connectivity index (χ1n) is 8.37. The van der Waals surface area contributed by atoms with Gasteiger partial charge in [0.05, 0.1) is 13.3 Å². The predicted molar refractivity (Wildman–Crippen MR) is 101 cm³/mol. The van der Waals surface area contributed by atoms with Crippen LogP contribution in [0.4, 0.5) is 5.82 Å². The van der Waals surface area contributed by atoms with Crippen molar-refractivity contribution in [1.82, 2.24) is 4.98 Å². The van der Waals surface area contributed by atoms with Gasteiger partial charge in [0.1, 0.15) is 5.75 Å². The molecule has 1 N–H and O–H groups in total. The number of aryl methyl sites for hydroxylation is 2. The number of benzene rings is 1. The Bertz CT molecular complexity index is 812. The number of hydroxylamine groups is 1. The van der Waals surface area contributed by atoms with Crippen molar-refractivity contribution in [2.24, 2.45) is 0 Å². The molecular weight excluding hydrogens is 355 g/mol. The molecule has 1 unspecified atom stereocenters. The van der Waals surface area contributed by atoms with Gasteiger partial charge in [-0.3, -0.25) is 0 Å². The van der Waals surface area contributed by atoms with Crippen LogP contribution in [0, 0.1) is 6.92 Å². The van der Waals surface area contributed by atoms with Gasteiger partial charge in [-0.25, -0.2) is 14.6 Å². The van der Waals surface area contributed by atoms with E-state index in [0.29, 0.717) is 17.1 Å². The molecule has 1 atom stereocenters. The highest BCUT2D eigenvalue weighted by Gasteiger charge is 2.28. The lowest BCUT2D eigenvalue weighted by Gasteiger charge is -2.25. The maximum Gasteiger partial charge on any atom is 0.400 e. The minimum Gasteiger partial charge on any atom is -0.504 e. The van der Waals surface area contributed by atoms with Gasteiger partial charge in [0.25, 0.3) is 0 Å². The van der Waals surface area contributed by atoms with E-state index in [1.54, 1.807) is 33.2 Å². The third-order valence-corrected chi connectivity index (χ3v) is 5.64. The lowest BCUT2D eigenvalue weighted by molar-refractivity contribution is 0.252. The number of hydrogen-bond acceptors (Lipinski definition) is 7. The zero-order valence-electron chi connectivity index (χ0n) is 15.7. The Morgan fingerprint density at radius 3 is 2.65 bits per heavy atom. The number of pyridine rings is 1. The maximum atomic E-state index is 13.1. The van der Waals surface area contributed by atoms with Crippen molar-refractivity contribution in [3.63, 3.8) is 0 Å². The average molecular weight is 380 g/mol. The van der Waals surface area contributed by atoms with E-state index in [4.69, 9.17) is 13.9 Å². The van der Waals surface area contributed by atoms with Crippen LogP contribution in [0.1, 0.15) is 25.0 Å². The van der Waals surface area contributed by atoms with Gasteiger partial charge in [-0.2, -0.15) is 4.62 Å². The molecule has 7 nitrogen and oxygen atoms in total. The smallest absolute Gasteiger partial charge is 0.400 e. The number of aromatic hydroxyl groups is 1. The normalized spacial score (nSPS) is 13.1. The van der Waals surface area contributed by atoms with E-state index < -0.39 is 7.60 Å². The number of anilines is 1. The number of hydrogen-bond donors (Lipinski definition) is 1. The van der Waals surface area contributed by atoms with E-state index in [1.807, 2.05) is 19.1 Å². The number of methoxy groups -OCH3 is 1. The number of phenols is 1. The lowest BCUT2D eigenvalue weighted by atomic mass is 10.2. The van der Waals surface area contributed by atoms with Crippen LogP contribution >= 0.6 is 7.60 Å². The zero-order valence-corrected chi connectivity index (χ0v) is 16.6. The fourth-order valence-electron chi connectivity index (χ4n) is 2.44. The van der Waals surface area contributed by atoms with Crippen molar-refractivity contribution in [2.45, 2.75) is 27.2 Å². The summed E-state index contributed by atoms with van der Waals surface area (Å²) in [6, 6.07) is 6.85. The third-order valence-electron chi connectivity index (χ3n) is 3.88. The first-order chi connectivity index (χ1) is 12.3. The molecule has 0 spiro atoms. The molecule has 142 valence electrons. The molecule has 0 bridgehead atoms. The summed E-state index contributed by atoms with van der Waals surface area (Å²) in [5, 5.41) is 11.3. The van der Waals surface area contributed by atoms with E-state index in [1.165, 1.54) is 18.2 Å². The second-order valence-corrected chi connectivity index (χ2v) is 7.93. The number of ether oxygens (including phenoxy) is 1. The van der Waals surface area contributed by atoms with Crippen LogP contribution in [-0.4, -0.2) is 30.4 Å². The largest absolute Gasteiger partial charge is 0.504 e. The van der Waals surface area contributed by atoms with Crippen molar-refractivity contribution in [3.8, 4) is 17.2 Å². The van der Waals surface area contributed by atoms with Gasteiger partial charge in [-0.05, 0) is 36.6 Å². The molecular formula is C18H25N2O5P. The van der Waals surface area contributed by atoms with Crippen LogP contribution in [0.3, 0.4) is 0 Å². The van der Waals surface area contributed by atoms with Gasteiger partial charge in [0, 0.05) is 19.3 Å². The molecule has 26 heavy (non-hydrogen) atoms. The molecule has 0 radical (unpaired) electrons. The highest BCUT2D eigenvalue weighted by Crippen LogP contribution is 2.50. The van der Waals surface area contributed by atoms with Crippen LogP contribution in [0.15, 0.2) is 30.5 Å². The molecule has 2 rings (SSSR count). The molecule has 0 aliphatic heterocycles. The van der Waals surface area contributed by atoms with Gasteiger partial charge >= 0.3 is 7.60 Å². The van der Waals surface area contributed by atoms with Crippen LogP contribution in [-0.2, 0) is 15.6 Å². The number of nitrogens with zero attached hydrogens (tertiary/aromatic N) is 2. The Balaban J connectivity index is 2.26. The van der Waals surface area contributed by atoms with Crippen LogP contribution < -0.4 is 14.3 Å². The molecule has 0 amide bonds. The molecule has 0 aliphatic carbocycles. The Morgan fingerprint density at radius 2 is 2.04 bits per heavy atom. The molecule has 2 aromatic rings. The fraction of sp³-hybridized carbons (Fsp3) is 0.389. The summed E-state index contributed by atoms with van der Waals surface area (Å²) in [6.45, 7) is 5.43. The topological polar surface area (TPSA) is 81.1 Å². The van der Waals surface area contributed by atoms with Gasteiger partial charge in [-0.1, -0.05) is 19.9 Å². The first-order valence-corrected chi connectivity index (χ1v) is 10.1.